The lowest BCUT2D eigenvalue weighted by Gasteiger charge is -2.06. The average molecular weight is 269 g/mol. The quantitative estimate of drug-likeness (QED) is 0.555. The highest BCUT2D eigenvalue weighted by Gasteiger charge is 2.19. The first kappa shape index (κ1) is 12.3. The van der Waals surface area contributed by atoms with E-state index < -0.39 is 11.6 Å². The van der Waals surface area contributed by atoms with E-state index in [1.165, 1.54) is 12.1 Å². The molecule has 1 aromatic carbocycles. The lowest BCUT2D eigenvalue weighted by Crippen LogP contribution is -2.06. The molecule has 0 spiro atoms. The average Bonchev–Trinajstić information content (AvgIpc) is 2.86. The van der Waals surface area contributed by atoms with Gasteiger partial charge in [-0.25, -0.2) is 4.39 Å². The Bertz CT molecular complexity index is 823. The van der Waals surface area contributed by atoms with Crippen LogP contribution >= 0.6 is 0 Å². The maximum Gasteiger partial charge on any atom is 0.198 e. The molecule has 3 aromatic rings. The van der Waals surface area contributed by atoms with Crippen molar-refractivity contribution in [2.75, 3.05) is 5.73 Å². The molecule has 0 radical (unpaired) electrons. The number of rotatable bonds is 2. The van der Waals surface area contributed by atoms with Crippen LogP contribution in [0.3, 0.4) is 0 Å². The van der Waals surface area contributed by atoms with Gasteiger partial charge in [-0.1, -0.05) is 0 Å². The fourth-order valence-corrected chi connectivity index (χ4v) is 2.26. The van der Waals surface area contributed by atoms with Crippen LogP contribution in [0, 0.1) is 12.7 Å². The van der Waals surface area contributed by atoms with Crippen LogP contribution in [0.2, 0.25) is 0 Å². The second-order valence-corrected chi connectivity index (χ2v) is 4.65. The van der Waals surface area contributed by atoms with E-state index in [0.29, 0.717) is 22.2 Å². The number of aromatic nitrogens is 2. The molecular formula is C15H12FN3O. The van der Waals surface area contributed by atoms with Gasteiger partial charge >= 0.3 is 0 Å². The Balaban J connectivity index is 2.18. The second-order valence-electron chi connectivity index (χ2n) is 4.65. The molecule has 3 N–H and O–H groups in total. The molecule has 2 aromatic heterocycles. The summed E-state index contributed by atoms with van der Waals surface area (Å²) in [6, 6.07) is 4.62. The van der Waals surface area contributed by atoms with Crippen molar-refractivity contribution in [3.63, 3.8) is 0 Å². The van der Waals surface area contributed by atoms with Crippen molar-refractivity contribution in [1.29, 1.82) is 0 Å². The topological polar surface area (TPSA) is 71.8 Å². The molecule has 2 heterocycles. The van der Waals surface area contributed by atoms with Gasteiger partial charge in [0.2, 0.25) is 0 Å². The van der Waals surface area contributed by atoms with Gasteiger partial charge in [-0.2, -0.15) is 0 Å². The fraction of sp³-hybridized carbons (Fsp3) is 0.0667. The van der Waals surface area contributed by atoms with Crippen molar-refractivity contribution >= 4 is 22.4 Å². The van der Waals surface area contributed by atoms with Gasteiger partial charge < -0.3 is 10.7 Å². The minimum absolute atomic E-state index is 0.0211. The number of benzene rings is 1. The summed E-state index contributed by atoms with van der Waals surface area (Å²) in [5, 5.41) is 0.664. The summed E-state index contributed by atoms with van der Waals surface area (Å²) < 4.78 is 14.1. The minimum Gasteiger partial charge on any atom is -0.399 e. The van der Waals surface area contributed by atoms with Crippen LogP contribution < -0.4 is 5.73 Å². The highest BCUT2D eigenvalue weighted by atomic mass is 19.1. The predicted octanol–water partition coefficient (Wildman–Crippen LogP) is 2.82. The molecule has 0 aliphatic heterocycles. The summed E-state index contributed by atoms with van der Waals surface area (Å²) in [7, 11) is 0. The van der Waals surface area contributed by atoms with Crippen LogP contribution in [-0.4, -0.2) is 15.8 Å². The van der Waals surface area contributed by atoms with Crippen LogP contribution in [-0.2, 0) is 0 Å². The van der Waals surface area contributed by atoms with Gasteiger partial charge in [0.25, 0.3) is 0 Å². The molecule has 4 nitrogen and oxygen atoms in total. The summed E-state index contributed by atoms with van der Waals surface area (Å²) in [4.78, 5) is 19.5. The number of carbonyl (C=O) groups is 1. The number of halogens is 1. The summed E-state index contributed by atoms with van der Waals surface area (Å²) in [5.74, 6) is -0.945. The highest BCUT2D eigenvalue weighted by Crippen LogP contribution is 2.24. The van der Waals surface area contributed by atoms with Gasteiger partial charge in [-0.05, 0) is 30.7 Å². The summed E-state index contributed by atoms with van der Waals surface area (Å²) in [5.41, 5.74) is 7.56. The predicted molar refractivity (Wildman–Crippen MR) is 75.1 cm³/mol. The van der Waals surface area contributed by atoms with Crippen LogP contribution in [0.15, 0.2) is 36.8 Å². The van der Waals surface area contributed by atoms with E-state index in [9.17, 15) is 9.18 Å². The first-order valence-corrected chi connectivity index (χ1v) is 6.09. The number of anilines is 1. The number of nitrogens with zero attached hydrogens (tertiary/aromatic N) is 1. The number of nitrogens with one attached hydrogen (secondary N) is 1. The number of nitrogen functional groups attached to an aromatic ring is 1. The van der Waals surface area contributed by atoms with Gasteiger partial charge in [-0.15, -0.1) is 0 Å². The van der Waals surface area contributed by atoms with Gasteiger partial charge in [0, 0.05) is 40.7 Å². The number of ketones is 1. The Morgan fingerprint density at radius 3 is 2.95 bits per heavy atom. The van der Waals surface area contributed by atoms with E-state index in [1.54, 1.807) is 31.6 Å². The summed E-state index contributed by atoms with van der Waals surface area (Å²) in [6.07, 6.45) is 4.76. The molecule has 0 aliphatic rings. The molecule has 0 aliphatic carbocycles. The Morgan fingerprint density at radius 2 is 2.15 bits per heavy atom. The summed E-state index contributed by atoms with van der Waals surface area (Å²) >= 11 is 0. The number of H-pyrrole nitrogens is 1. The summed E-state index contributed by atoms with van der Waals surface area (Å²) in [6.45, 7) is 1.58. The number of carbonyl (C=O) groups excluding carboxylic acids is 1. The minimum atomic E-state index is -0.539. The van der Waals surface area contributed by atoms with E-state index in [2.05, 4.69) is 9.97 Å². The number of aromatic amines is 1. The fourth-order valence-electron chi connectivity index (χ4n) is 2.26. The van der Waals surface area contributed by atoms with E-state index in [4.69, 9.17) is 5.73 Å². The molecule has 3 rings (SSSR count). The number of fused-ring (bicyclic) bond motifs is 1. The normalized spacial score (nSPS) is 10.9. The van der Waals surface area contributed by atoms with Gasteiger partial charge in [-0.3, -0.25) is 9.78 Å². The molecule has 0 amide bonds. The molecule has 5 heteroatoms. The van der Waals surface area contributed by atoms with Crippen molar-refractivity contribution in [3.05, 3.63) is 59.3 Å². The van der Waals surface area contributed by atoms with Crippen LogP contribution in [0.25, 0.3) is 10.9 Å². The van der Waals surface area contributed by atoms with E-state index >= 15 is 0 Å². The molecule has 20 heavy (non-hydrogen) atoms. The third-order valence-corrected chi connectivity index (χ3v) is 3.25. The van der Waals surface area contributed by atoms with Crippen molar-refractivity contribution in [1.82, 2.24) is 9.97 Å². The third-order valence-electron chi connectivity index (χ3n) is 3.25. The second kappa shape index (κ2) is 4.45. The van der Waals surface area contributed by atoms with Gasteiger partial charge in [0.15, 0.2) is 5.78 Å². The van der Waals surface area contributed by atoms with Crippen LogP contribution in [0.5, 0.6) is 0 Å². The number of pyridine rings is 1. The lowest BCUT2D eigenvalue weighted by atomic mass is 10.00. The molecule has 0 atom stereocenters. The van der Waals surface area contributed by atoms with Crippen LogP contribution in [0.4, 0.5) is 10.1 Å². The van der Waals surface area contributed by atoms with E-state index in [1.807, 2.05) is 0 Å². The Kier molecular flexibility index (Phi) is 2.75. The molecule has 100 valence electrons. The molecule has 0 bridgehead atoms. The highest BCUT2D eigenvalue weighted by molar-refractivity contribution is 6.16. The number of hydrogen-bond donors (Lipinski definition) is 2. The van der Waals surface area contributed by atoms with Crippen molar-refractivity contribution in [3.8, 4) is 0 Å². The standard InChI is InChI=1S/C15H12FN3O/c1-8-4-9(17)5-10(14(8)16)15(20)12-7-19-13-2-3-18-6-11(12)13/h2-7,19H,17H2,1H3. The van der Waals surface area contributed by atoms with E-state index in [-0.39, 0.29) is 5.56 Å². The molecule has 0 unspecified atom stereocenters. The van der Waals surface area contributed by atoms with Crippen LogP contribution in [0.1, 0.15) is 21.5 Å². The first-order chi connectivity index (χ1) is 9.58. The molecular weight excluding hydrogens is 257 g/mol. The monoisotopic (exact) mass is 269 g/mol. The first-order valence-electron chi connectivity index (χ1n) is 6.09. The van der Waals surface area contributed by atoms with E-state index in [0.717, 1.165) is 5.52 Å². The maximum atomic E-state index is 14.1. The van der Waals surface area contributed by atoms with Gasteiger partial charge in [0.05, 0.1) is 5.56 Å². The third kappa shape index (κ3) is 1.84. The van der Waals surface area contributed by atoms with Gasteiger partial charge in [0.1, 0.15) is 5.82 Å². The number of hydrogen-bond acceptors (Lipinski definition) is 3. The Morgan fingerprint density at radius 1 is 1.35 bits per heavy atom. The molecule has 0 saturated heterocycles. The maximum absolute atomic E-state index is 14.1. The smallest absolute Gasteiger partial charge is 0.198 e. The lowest BCUT2D eigenvalue weighted by molar-refractivity contribution is 0.103. The zero-order chi connectivity index (χ0) is 14.3. The SMILES string of the molecule is Cc1cc(N)cc(C(=O)c2c[nH]c3ccncc23)c1F. The van der Waals surface area contributed by atoms with Crippen molar-refractivity contribution in [2.24, 2.45) is 0 Å². The Hall–Kier alpha value is -2.69. The zero-order valence-electron chi connectivity index (χ0n) is 10.8. The van der Waals surface area contributed by atoms with Crippen molar-refractivity contribution < 1.29 is 9.18 Å². The molecule has 0 saturated carbocycles. The largest absolute Gasteiger partial charge is 0.399 e. The van der Waals surface area contributed by atoms with Crippen molar-refractivity contribution in [2.45, 2.75) is 6.92 Å². The number of aryl methyl sites for hydroxylation is 1. The Labute approximate surface area is 114 Å². The number of nitrogens with two attached hydrogens (primary N) is 1. The molecule has 0 fully saturated rings. The zero-order valence-corrected chi connectivity index (χ0v) is 10.8.